The summed E-state index contributed by atoms with van der Waals surface area (Å²) < 4.78 is 40.1. The minimum atomic E-state index is -4.05. The largest absolute Gasteiger partial charge is 0.507 e. The second-order valence-electron chi connectivity index (χ2n) is 11.8. The fourth-order valence-corrected chi connectivity index (χ4v) is 7.79. The van der Waals surface area contributed by atoms with E-state index < -0.39 is 32.9 Å². The molecule has 0 aromatic heterocycles. The molecule has 0 unspecified atom stereocenters. The van der Waals surface area contributed by atoms with Crippen LogP contribution in [0.4, 0.5) is 5.69 Å². The molecule has 2 aliphatic rings. The predicted octanol–water partition coefficient (Wildman–Crippen LogP) is 5.72. The highest BCUT2D eigenvalue weighted by molar-refractivity contribution is 7.92. The van der Waals surface area contributed by atoms with Crippen LogP contribution in [0.25, 0.3) is 0 Å². The van der Waals surface area contributed by atoms with Gasteiger partial charge >= 0.3 is 0 Å². The maximum absolute atomic E-state index is 14.0. The van der Waals surface area contributed by atoms with E-state index in [1.54, 1.807) is 26.0 Å². The molecule has 1 atom stereocenters. The third kappa shape index (κ3) is 6.44. The summed E-state index contributed by atoms with van der Waals surface area (Å²) in [6, 6.07) is 8.50. The Hall–Kier alpha value is -4.82. The molecular weight excluding hydrogens is 709 g/mol. The normalized spacial score (nSPS) is 17.6. The Kier molecular flexibility index (Phi) is 10.1. The number of rotatable bonds is 11. The van der Waals surface area contributed by atoms with Crippen molar-refractivity contribution < 1.29 is 42.2 Å². The second kappa shape index (κ2) is 13.8. The summed E-state index contributed by atoms with van der Waals surface area (Å²) in [6.45, 7) is 10.2. The van der Waals surface area contributed by atoms with Crippen LogP contribution in [0.3, 0.4) is 0 Å². The molecule has 50 heavy (non-hydrogen) atoms. The number of anilines is 1. The van der Waals surface area contributed by atoms with E-state index in [1.165, 1.54) is 51.3 Å². The van der Waals surface area contributed by atoms with Crippen LogP contribution in [0, 0.1) is 13.8 Å². The van der Waals surface area contributed by atoms with E-state index in [4.69, 9.17) is 37.5 Å². The molecule has 15 heteroatoms. The van der Waals surface area contributed by atoms with E-state index >= 15 is 0 Å². The van der Waals surface area contributed by atoms with Gasteiger partial charge in [0.1, 0.15) is 33.1 Å². The number of methoxy groups -OCH3 is 1. The lowest BCUT2D eigenvalue weighted by atomic mass is 9.70. The molecule has 0 saturated carbocycles. The summed E-state index contributed by atoms with van der Waals surface area (Å²) >= 11 is 12.0. The van der Waals surface area contributed by atoms with Crippen molar-refractivity contribution in [2.45, 2.75) is 44.6 Å². The third-order valence-electron chi connectivity index (χ3n) is 8.42. The van der Waals surface area contributed by atoms with Crippen molar-refractivity contribution in [3.63, 3.8) is 0 Å². The third-order valence-corrected chi connectivity index (χ3v) is 10.5. The van der Waals surface area contributed by atoms with Crippen LogP contribution in [0.1, 0.15) is 46.5 Å². The molecule has 1 aliphatic carbocycles. The smallest absolute Gasteiger partial charge is 0.263 e. The fourth-order valence-electron chi connectivity index (χ4n) is 5.98. The Bertz CT molecular complexity index is 2140. The number of benzene rings is 3. The molecule has 262 valence electrons. The van der Waals surface area contributed by atoms with Crippen molar-refractivity contribution >= 4 is 56.4 Å². The lowest BCUT2D eigenvalue weighted by molar-refractivity contribution is -0.123. The number of sulfonamides is 1. The summed E-state index contributed by atoms with van der Waals surface area (Å²) in [4.78, 5) is 46.0. The van der Waals surface area contributed by atoms with Gasteiger partial charge in [0.15, 0.2) is 17.3 Å². The Labute approximate surface area is 298 Å². The van der Waals surface area contributed by atoms with Gasteiger partial charge in [0.2, 0.25) is 0 Å². The minimum Gasteiger partial charge on any atom is -0.507 e. The molecule has 5 rings (SSSR count). The number of halogens is 2. The van der Waals surface area contributed by atoms with Crippen LogP contribution in [0.2, 0.25) is 10.0 Å². The van der Waals surface area contributed by atoms with Gasteiger partial charge < -0.3 is 19.9 Å². The molecule has 1 heterocycles. The van der Waals surface area contributed by atoms with E-state index in [0.717, 1.165) is 6.08 Å². The van der Waals surface area contributed by atoms with Gasteiger partial charge in [-0.2, -0.15) is 0 Å². The lowest BCUT2D eigenvalue weighted by Crippen LogP contribution is -2.41. The average molecular weight is 743 g/mol. The number of Topliss-reactive ketones (excluding diaryl/α,β-unsaturated/α-hetero) is 1. The Morgan fingerprint density at radius 2 is 1.80 bits per heavy atom. The van der Waals surface area contributed by atoms with E-state index in [2.05, 4.69) is 22.1 Å². The van der Waals surface area contributed by atoms with Crippen molar-refractivity contribution in [2.75, 3.05) is 18.4 Å². The molecule has 3 aromatic carbocycles. The molecule has 4 N–H and O–H groups in total. The quantitative estimate of drug-likeness (QED) is 0.0627. The summed E-state index contributed by atoms with van der Waals surface area (Å²) in [7, 11) is -2.74. The highest BCUT2D eigenvalue weighted by Gasteiger charge is 2.56. The molecule has 1 amide bonds. The fraction of sp³-hybridized carbons (Fsp3) is 0.229. The van der Waals surface area contributed by atoms with Gasteiger partial charge in [-0.05, 0) is 74.7 Å². The summed E-state index contributed by atoms with van der Waals surface area (Å²) in [6.07, 6.45) is 2.63. The molecular formula is C35H33Cl2N3O9S. The predicted molar refractivity (Wildman–Crippen MR) is 187 cm³/mol. The average Bonchev–Trinajstić information content (AvgIpc) is 3.33. The number of ketones is 2. The molecule has 3 aromatic rings. The Balaban J connectivity index is 1.44. The van der Waals surface area contributed by atoms with Gasteiger partial charge in [0.25, 0.3) is 15.9 Å². The van der Waals surface area contributed by atoms with Crippen molar-refractivity contribution in [1.82, 2.24) is 10.8 Å². The van der Waals surface area contributed by atoms with Gasteiger partial charge in [-0.25, -0.2) is 8.42 Å². The number of allylic oxidation sites excluding steroid dienone is 4. The highest BCUT2D eigenvalue weighted by Crippen LogP contribution is 2.56. The van der Waals surface area contributed by atoms with E-state index in [0.29, 0.717) is 21.7 Å². The highest BCUT2D eigenvalue weighted by atomic mass is 35.5. The van der Waals surface area contributed by atoms with Gasteiger partial charge in [-0.3, -0.25) is 29.4 Å². The maximum atomic E-state index is 14.0. The van der Waals surface area contributed by atoms with Gasteiger partial charge in [-0.1, -0.05) is 29.3 Å². The zero-order valence-corrected chi connectivity index (χ0v) is 29.9. The number of phenolic OH excluding ortho intramolecular Hbond substituents is 1. The summed E-state index contributed by atoms with van der Waals surface area (Å²) in [5, 5.41) is 14.2. The van der Waals surface area contributed by atoms with Crippen molar-refractivity contribution in [1.29, 1.82) is 0 Å². The van der Waals surface area contributed by atoms with Crippen molar-refractivity contribution in [3.05, 3.63) is 110 Å². The first kappa shape index (κ1) is 36.5. The molecule has 12 nitrogen and oxygen atoms in total. The SMILES string of the molecule is C=CCON/C(C)=C1\C(=O)C=C2Oc3c(C(=O)NCc4c(C)cc(NS(=O)(=O)c5ccc(Cl)cc5Cl)cc4C)c(OC)cc(O)c3[C@]2(C)C1=O. The molecule has 0 spiro atoms. The van der Waals surface area contributed by atoms with Gasteiger partial charge in [0.05, 0.1) is 29.9 Å². The number of ether oxygens (including phenoxy) is 2. The standard InChI is InChI=1S/C35H33Cl2N3O9S/c1-7-10-48-39-19(4)29-24(41)15-28-35(5,33(29)43)31-25(42)14-26(47-6)30(32(31)49-28)34(44)38-16-22-17(2)11-21(12-18(22)3)40-50(45,46)27-9-8-20(36)13-23(27)37/h7-9,11-15,39-40,42H,1,10,16H2,2-6H3,(H,38,44)/b29-19+/t35-/m1/s1. The van der Waals surface area contributed by atoms with Crippen LogP contribution < -0.4 is 25.0 Å². The molecule has 0 bridgehead atoms. The van der Waals surface area contributed by atoms with E-state index in [-0.39, 0.29) is 74.2 Å². The molecule has 0 radical (unpaired) electrons. The minimum absolute atomic E-state index is 0.00514. The van der Waals surface area contributed by atoms with E-state index in [1.807, 2.05) is 0 Å². The first-order valence-corrected chi connectivity index (χ1v) is 17.3. The van der Waals surface area contributed by atoms with Crippen LogP contribution in [0.5, 0.6) is 17.2 Å². The van der Waals surface area contributed by atoms with E-state index in [9.17, 15) is 27.9 Å². The first-order chi connectivity index (χ1) is 23.5. The van der Waals surface area contributed by atoms with Crippen molar-refractivity contribution in [3.8, 4) is 17.2 Å². The number of aromatic hydroxyl groups is 1. The number of hydrogen-bond donors (Lipinski definition) is 4. The zero-order chi connectivity index (χ0) is 36.7. The van der Waals surface area contributed by atoms with Crippen molar-refractivity contribution in [2.24, 2.45) is 0 Å². The monoisotopic (exact) mass is 741 g/mol. The van der Waals surface area contributed by atoms with Crippen LogP contribution in [0.15, 0.2) is 77.1 Å². The number of hydroxylamine groups is 1. The zero-order valence-electron chi connectivity index (χ0n) is 27.6. The van der Waals surface area contributed by atoms with Crippen LogP contribution in [-0.4, -0.2) is 44.7 Å². The molecule has 1 aliphatic heterocycles. The maximum Gasteiger partial charge on any atom is 0.263 e. The first-order valence-electron chi connectivity index (χ1n) is 15.0. The molecule has 0 fully saturated rings. The number of hydrogen-bond acceptors (Lipinski definition) is 10. The number of nitrogens with one attached hydrogen (secondary N) is 3. The Morgan fingerprint density at radius 3 is 2.42 bits per heavy atom. The number of aryl methyl sites for hydroxylation is 2. The summed E-state index contributed by atoms with van der Waals surface area (Å²) in [5.74, 6) is -2.58. The number of carbonyl (C=O) groups is 3. The lowest BCUT2D eigenvalue weighted by Gasteiger charge is -2.28. The van der Waals surface area contributed by atoms with Gasteiger partial charge in [-0.15, -0.1) is 6.58 Å². The number of fused-ring (bicyclic) bond motifs is 3. The topological polar surface area (TPSA) is 169 Å². The number of amides is 1. The second-order valence-corrected chi connectivity index (χ2v) is 14.3. The Morgan fingerprint density at radius 1 is 1.12 bits per heavy atom. The van der Waals surface area contributed by atoms with Gasteiger partial charge in [0, 0.05) is 35.1 Å². The van der Waals surface area contributed by atoms with Crippen LogP contribution >= 0.6 is 23.2 Å². The molecule has 0 saturated heterocycles. The van der Waals surface area contributed by atoms with Crippen LogP contribution in [-0.2, 0) is 36.4 Å². The summed E-state index contributed by atoms with van der Waals surface area (Å²) in [5.41, 5.74) is 3.06. The number of phenols is 1. The number of carbonyl (C=O) groups excluding carboxylic acids is 3.